The molecule has 3 aromatic carbocycles. The molecule has 1 aromatic heterocycles. The highest BCUT2D eigenvalue weighted by Gasteiger charge is 2.27. The lowest BCUT2D eigenvalue weighted by Gasteiger charge is -2.28. The van der Waals surface area contributed by atoms with Gasteiger partial charge in [-0.1, -0.05) is 66.7 Å². The van der Waals surface area contributed by atoms with Crippen molar-refractivity contribution in [3.8, 4) is 16.9 Å². The van der Waals surface area contributed by atoms with Crippen molar-refractivity contribution >= 4 is 16.8 Å². The van der Waals surface area contributed by atoms with Crippen molar-refractivity contribution in [3.05, 3.63) is 84.1 Å². The second kappa shape index (κ2) is 6.85. The Morgan fingerprint density at radius 3 is 2.71 bits per heavy atom. The SMILES string of the molecule is O=C(NC1CCOc2c(-c3ccccc3)cccc21)c1n[nH]c2ccccc12. The minimum Gasteiger partial charge on any atom is -0.492 e. The van der Waals surface area contributed by atoms with Gasteiger partial charge >= 0.3 is 0 Å². The lowest BCUT2D eigenvalue weighted by Crippen LogP contribution is -2.32. The van der Waals surface area contributed by atoms with Crippen molar-refractivity contribution in [2.24, 2.45) is 0 Å². The number of amides is 1. The van der Waals surface area contributed by atoms with Crippen molar-refractivity contribution in [2.45, 2.75) is 12.5 Å². The maximum absolute atomic E-state index is 12.9. The zero-order valence-corrected chi connectivity index (χ0v) is 15.2. The quantitative estimate of drug-likeness (QED) is 0.559. The highest BCUT2D eigenvalue weighted by atomic mass is 16.5. The minimum atomic E-state index is -0.180. The smallest absolute Gasteiger partial charge is 0.272 e. The lowest BCUT2D eigenvalue weighted by molar-refractivity contribution is 0.0921. The van der Waals surface area contributed by atoms with Crippen LogP contribution < -0.4 is 10.1 Å². The molecule has 1 unspecified atom stereocenters. The summed E-state index contributed by atoms with van der Waals surface area (Å²) in [6, 6.07) is 23.8. The zero-order valence-electron chi connectivity index (χ0n) is 15.2. The molecule has 138 valence electrons. The van der Waals surface area contributed by atoms with Gasteiger partial charge in [-0.3, -0.25) is 9.89 Å². The number of aromatic amines is 1. The van der Waals surface area contributed by atoms with Crippen LogP contribution in [0.25, 0.3) is 22.0 Å². The number of hydrogen-bond donors (Lipinski definition) is 2. The second-order valence-electron chi connectivity index (χ2n) is 6.87. The van der Waals surface area contributed by atoms with Gasteiger partial charge in [-0.15, -0.1) is 0 Å². The van der Waals surface area contributed by atoms with E-state index in [1.165, 1.54) is 0 Å². The molecular formula is C23H19N3O2. The first-order chi connectivity index (χ1) is 13.8. The first kappa shape index (κ1) is 16.6. The van der Waals surface area contributed by atoms with Gasteiger partial charge in [0.15, 0.2) is 5.69 Å². The van der Waals surface area contributed by atoms with Crippen molar-refractivity contribution in [1.29, 1.82) is 0 Å². The van der Waals surface area contributed by atoms with E-state index >= 15 is 0 Å². The van der Waals surface area contributed by atoms with Crippen molar-refractivity contribution < 1.29 is 9.53 Å². The maximum Gasteiger partial charge on any atom is 0.272 e. The van der Waals surface area contributed by atoms with Crippen LogP contribution in [0.2, 0.25) is 0 Å². The monoisotopic (exact) mass is 369 g/mol. The largest absolute Gasteiger partial charge is 0.492 e. The number of carbonyl (C=O) groups excluding carboxylic acids is 1. The molecule has 0 radical (unpaired) electrons. The average Bonchev–Trinajstić information content (AvgIpc) is 3.18. The third-order valence-corrected chi connectivity index (χ3v) is 5.15. The van der Waals surface area contributed by atoms with E-state index < -0.39 is 0 Å². The summed E-state index contributed by atoms with van der Waals surface area (Å²) in [6.07, 6.45) is 0.722. The lowest BCUT2D eigenvalue weighted by atomic mass is 9.94. The van der Waals surface area contributed by atoms with E-state index in [9.17, 15) is 4.79 Å². The Balaban J connectivity index is 1.48. The molecule has 5 rings (SSSR count). The summed E-state index contributed by atoms with van der Waals surface area (Å²) >= 11 is 0. The molecule has 4 aromatic rings. The highest BCUT2D eigenvalue weighted by Crippen LogP contribution is 2.40. The average molecular weight is 369 g/mol. The van der Waals surface area contributed by atoms with E-state index in [0.29, 0.717) is 12.3 Å². The molecule has 1 atom stereocenters. The van der Waals surface area contributed by atoms with Crippen LogP contribution in [-0.2, 0) is 0 Å². The first-order valence-electron chi connectivity index (χ1n) is 9.36. The van der Waals surface area contributed by atoms with Gasteiger partial charge in [0.1, 0.15) is 5.75 Å². The molecule has 2 heterocycles. The first-order valence-corrected chi connectivity index (χ1v) is 9.36. The predicted molar refractivity (Wildman–Crippen MR) is 108 cm³/mol. The molecule has 5 nitrogen and oxygen atoms in total. The number of nitrogens with zero attached hydrogens (tertiary/aromatic N) is 1. The Labute approximate surface area is 162 Å². The van der Waals surface area contributed by atoms with Crippen LogP contribution in [0.15, 0.2) is 72.8 Å². The molecule has 2 N–H and O–H groups in total. The zero-order chi connectivity index (χ0) is 18.9. The molecule has 0 fully saturated rings. The number of H-pyrrole nitrogens is 1. The molecule has 28 heavy (non-hydrogen) atoms. The summed E-state index contributed by atoms with van der Waals surface area (Å²) in [6.45, 7) is 0.559. The van der Waals surface area contributed by atoms with E-state index in [1.807, 2.05) is 54.6 Å². The molecule has 0 saturated heterocycles. The fourth-order valence-electron chi connectivity index (χ4n) is 3.78. The van der Waals surface area contributed by atoms with E-state index in [0.717, 1.165) is 39.8 Å². The fraction of sp³-hybridized carbons (Fsp3) is 0.130. The summed E-state index contributed by atoms with van der Waals surface area (Å²) in [5, 5.41) is 11.1. The summed E-state index contributed by atoms with van der Waals surface area (Å²) in [4.78, 5) is 12.9. The van der Waals surface area contributed by atoms with Gasteiger partial charge in [0.05, 0.1) is 18.2 Å². The number of benzene rings is 3. The summed E-state index contributed by atoms with van der Waals surface area (Å²) in [5.41, 5.74) is 4.42. The van der Waals surface area contributed by atoms with Gasteiger partial charge in [0.25, 0.3) is 5.91 Å². The van der Waals surface area contributed by atoms with Crippen LogP contribution in [0.4, 0.5) is 0 Å². The van der Waals surface area contributed by atoms with Gasteiger partial charge in [-0.25, -0.2) is 0 Å². The number of carbonyl (C=O) groups is 1. The molecule has 1 aliphatic heterocycles. The summed E-state index contributed by atoms with van der Waals surface area (Å²) in [5.74, 6) is 0.664. The molecular weight excluding hydrogens is 350 g/mol. The van der Waals surface area contributed by atoms with E-state index in [-0.39, 0.29) is 11.9 Å². The number of para-hydroxylation sites is 2. The molecule has 5 heteroatoms. The van der Waals surface area contributed by atoms with Gasteiger partial charge in [-0.05, 0) is 11.6 Å². The van der Waals surface area contributed by atoms with Crippen molar-refractivity contribution in [3.63, 3.8) is 0 Å². The Hall–Kier alpha value is -3.60. The van der Waals surface area contributed by atoms with Crippen LogP contribution >= 0.6 is 0 Å². The Kier molecular flexibility index (Phi) is 4.05. The summed E-state index contributed by atoms with van der Waals surface area (Å²) < 4.78 is 6.01. The number of ether oxygens (including phenoxy) is 1. The van der Waals surface area contributed by atoms with E-state index in [4.69, 9.17) is 4.74 Å². The normalized spacial score (nSPS) is 15.6. The molecule has 1 aliphatic rings. The van der Waals surface area contributed by atoms with Gasteiger partial charge in [0, 0.05) is 22.9 Å². The number of hydrogen-bond acceptors (Lipinski definition) is 3. The highest BCUT2D eigenvalue weighted by molar-refractivity contribution is 6.04. The van der Waals surface area contributed by atoms with Gasteiger partial charge < -0.3 is 10.1 Å². The third-order valence-electron chi connectivity index (χ3n) is 5.15. The van der Waals surface area contributed by atoms with Crippen LogP contribution in [0.1, 0.15) is 28.5 Å². The molecule has 0 saturated carbocycles. The molecule has 0 bridgehead atoms. The number of nitrogens with one attached hydrogen (secondary N) is 2. The predicted octanol–water partition coefficient (Wildman–Crippen LogP) is 4.48. The minimum absolute atomic E-state index is 0.115. The summed E-state index contributed by atoms with van der Waals surface area (Å²) in [7, 11) is 0. The van der Waals surface area contributed by atoms with E-state index in [2.05, 4.69) is 33.7 Å². The molecule has 0 spiro atoms. The van der Waals surface area contributed by atoms with Gasteiger partial charge in [0.2, 0.25) is 0 Å². The van der Waals surface area contributed by atoms with E-state index in [1.54, 1.807) is 0 Å². The molecule has 0 aliphatic carbocycles. The third kappa shape index (κ3) is 2.81. The standard InChI is InChI=1S/C23H19N3O2/c27-23(21-17-9-4-5-12-20(17)25-26-21)24-19-13-14-28-22-16(10-6-11-18(19)22)15-7-2-1-3-8-15/h1-12,19H,13-14H2,(H,24,27)(H,25,26). The Bertz CT molecular complexity index is 1150. The van der Waals surface area contributed by atoms with Crippen molar-refractivity contribution in [1.82, 2.24) is 15.5 Å². The number of aromatic nitrogens is 2. The number of fused-ring (bicyclic) bond motifs is 2. The fourth-order valence-corrected chi connectivity index (χ4v) is 3.78. The Morgan fingerprint density at radius 1 is 1.00 bits per heavy atom. The van der Waals surface area contributed by atoms with Crippen molar-refractivity contribution in [2.75, 3.05) is 6.61 Å². The van der Waals surface area contributed by atoms with Crippen LogP contribution in [-0.4, -0.2) is 22.7 Å². The topological polar surface area (TPSA) is 67.0 Å². The van der Waals surface area contributed by atoms with Crippen LogP contribution in [0, 0.1) is 0 Å². The second-order valence-corrected chi connectivity index (χ2v) is 6.87. The van der Waals surface area contributed by atoms with Crippen LogP contribution in [0.5, 0.6) is 5.75 Å². The van der Waals surface area contributed by atoms with Crippen LogP contribution in [0.3, 0.4) is 0 Å². The van der Waals surface area contributed by atoms with Gasteiger partial charge in [-0.2, -0.15) is 5.10 Å². The Morgan fingerprint density at radius 2 is 1.82 bits per heavy atom. The number of rotatable bonds is 3. The maximum atomic E-state index is 12.9. The molecule has 1 amide bonds.